The average Bonchev–Trinajstić information content (AvgIpc) is 3.37. The van der Waals surface area contributed by atoms with Gasteiger partial charge in [0.05, 0.1) is 22.3 Å². The van der Waals surface area contributed by atoms with Crippen LogP contribution in [-0.2, 0) is 12.8 Å². The minimum absolute atomic E-state index is 0.0726. The number of aromatic nitrogens is 3. The molecular weight excluding hydrogens is 594 g/mol. The summed E-state index contributed by atoms with van der Waals surface area (Å²) in [6.45, 7) is 4.09. The number of aryl methyl sites for hydroxylation is 2. The quantitative estimate of drug-likeness (QED) is 0.187. The Labute approximate surface area is 256 Å². The molecule has 6 aromatic rings. The number of halogens is 5. The van der Waals surface area contributed by atoms with Crippen LogP contribution in [-0.4, -0.2) is 14.8 Å². The number of nitrogens with zero attached hydrogens (tertiary/aromatic N) is 3. The third kappa shape index (κ3) is 5.96. The van der Waals surface area contributed by atoms with Crippen molar-refractivity contribution in [3.05, 3.63) is 129 Å². The second-order valence-corrected chi connectivity index (χ2v) is 11.1. The molecule has 0 aliphatic rings. The number of alkyl halides is 3. The Balaban J connectivity index is 1.48. The first kappa shape index (κ1) is 28.8. The lowest BCUT2D eigenvalue weighted by Gasteiger charge is -2.13. The molecule has 0 unspecified atom stereocenters. The summed E-state index contributed by atoms with van der Waals surface area (Å²) in [5, 5.41) is 5.70. The van der Waals surface area contributed by atoms with E-state index in [1.165, 1.54) is 4.68 Å². The van der Waals surface area contributed by atoms with Crippen molar-refractivity contribution < 1.29 is 17.9 Å². The molecule has 4 aromatic carbocycles. The summed E-state index contributed by atoms with van der Waals surface area (Å²) in [7, 11) is 0. The van der Waals surface area contributed by atoms with Crippen molar-refractivity contribution >= 4 is 34.2 Å². The number of benzene rings is 4. The Hall–Kier alpha value is -4.33. The van der Waals surface area contributed by atoms with Gasteiger partial charge in [-0.1, -0.05) is 71.2 Å². The summed E-state index contributed by atoms with van der Waals surface area (Å²) in [6, 6.07) is 27.6. The van der Waals surface area contributed by atoms with E-state index < -0.39 is 11.7 Å². The Bertz CT molecular complexity index is 1930. The van der Waals surface area contributed by atoms with E-state index in [2.05, 4.69) is 5.10 Å². The standard InChI is InChI=1S/C34H24Cl2F3N3O/c1-20-3-8-24(9-4-20)32-31-28(34(37,38)39)18-30(40-33(31)42(41-32)26-14-5-21(2)29(36)17-26)23-10-15-27(16-11-23)43-19-22-6-12-25(35)13-7-22/h3-18H,19H2,1-2H3. The maximum atomic E-state index is 14.7. The molecule has 0 aliphatic carbocycles. The summed E-state index contributed by atoms with van der Waals surface area (Å²) in [6.07, 6.45) is -4.67. The Morgan fingerprint density at radius 1 is 0.791 bits per heavy atom. The van der Waals surface area contributed by atoms with Gasteiger partial charge < -0.3 is 4.74 Å². The molecule has 0 N–H and O–H groups in total. The topological polar surface area (TPSA) is 39.9 Å². The van der Waals surface area contributed by atoms with Crippen molar-refractivity contribution in [3.8, 4) is 34.0 Å². The van der Waals surface area contributed by atoms with E-state index in [1.807, 2.05) is 38.1 Å². The van der Waals surface area contributed by atoms with Gasteiger partial charge in [-0.25, -0.2) is 9.67 Å². The minimum atomic E-state index is -4.67. The summed E-state index contributed by atoms with van der Waals surface area (Å²) in [5.41, 5.74) is 3.89. The first-order valence-corrected chi connectivity index (χ1v) is 14.1. The van der Waals surface area contributed by atoms with Crippen LogP contribution in [0.2, 0.25) is 10.0 Å². The second-order valence-electron chi connectivity index (χ2n) is 10.3. The van der Waals surface area contributed by atoms with Crippen LogP contribution in [0.3, 0.4) is 0 Å². The van der Waals surface area contributed by atoms with Crippen LogP contribution in [0, 0.1) is 13.8 Å². The van der Waals surface area contributed by atoms with Gasteiger partial charge in [0, 0.05) is 21.2 Å². The largest absolute Gasteiger partial charge is 0.489 e. The molecular formula is C34H24Cl2F3N3O. The molecule has 0 amide bonds. The monoisotopic (exact) mass is 617 g/mol. The van der Waals surface area contributed by atoms with Gasteiger partial charge in [0.25, 0.3) is 0 Å². The smallest absolute Gasteiger partial charge is 0.417 e. The van der Waals surface area contributed by atoms with E-state index in [0.717, 1.165) is 22.8 Å². The van der Waals surface area contributed by atoms with Crippen LogP contribution in [0.15, 0.2) is 97.1 Å². The molecule has 0 fully saturated rings. The number of hydrogen-bond donors (Lipinski definition) is 0. The zero-order valence-corrected chi connectivity index (χ0v) is 24.6. The molecule has 2 heterocycles. The fourth-order valence-electron chi connectivity index (χ4n) is 4.76. The van der Waals surface area contributed by atoms with E-state index in [1.54, 1.807) is 66.7 Å². The zero-order valence-electron chi connectivity index (χ0n) is 23.1. The highest BCUT2D eigenvalue weighted by Gasteiger charge is 2.36. The summed E-state index contributed by atoms with van der Waals surface area (Å²) in [4.78, 5) is 4.75. The predicted molar refractivity (Wildman–Crippen MR) is 165 cm³/mol. The van der Waals surface area contributed by atoms with Gasteiger partial charge in [0.1, 0.15) is 18.1 Å². The van der Waals surface area contributed by atoms with Crippen molar-refractivity contribution in [1.29, 1.82) is 0 Å². The van der Waals surface area contributed by atoms with Crippen LogP contribution in [0.4, 0.5) is 13.2 Å². The van der Waals surface area contributed by atoms with Crippen molar-refractivity contribution in [1.82, 2.24) is 14.8 Å². The van der Waals surface area contributed by atoms with Crippen LogP contribution in [0.25, 0.3) is 39.2 Å². The molecule has 9 heteroatoms. The van der Waals surface area contributed by atoms with Crippen molar-refractivity contribution in [2.24, 2.45) is 0 Å². The number of ether oxygens (including phenoxy) is 1. The molecule has 0 bridgehead atoms. The van der Waals surface area contributed by atoms with Gasteiger partial charge in [-0.15, -0.1) is 0 Å². The molecule has 4 nitrogen and oxygen atoms in total. The fourth-order valence-corrected chi connectivity index (χ4v) is 5.06. The normalized spacial score (nSPS) is 11.7. The van der Waals surface area contributed by atoms with E-state index in [0.29, 0.717) is 39.2 Å². The molecule has 0 saturated carbocycles. The molecule has 0 atom stereocenters. The van der Waals surface area contributed by atoms with Gasteiger partial charge in [-0.2, -0.15) is 18.3 Å². The van der Waals surface area contributed by atoms with Gasteiger partial charge >= 0.3 is 6.18 Å². The Kier molecular flexibility index (Phi) is 7.63. The lowest BCUT2D eigenvalue weighted by molar-refractivity contribution is -0.136. The number of hydrogen-bond acceptors (Lipinski definition) is 3. The highest BCUT2D eigenvalue weighted by Crippen LogP contribution is 2.42. The fraction of sp³-hybridized carbons (Fsp3) is 0.118. The first-order valence-electron chi connectivity index (χ1n) is 13.4. The van der Waals surface area contributed by atoms with E-state index >= 15 is 0 Å². The summed E-state index contributed by atoms with van der Waals surface area (Å²) >= 11 is 12.4. The highest BCUT2D eigenvalue weighted by molar-refractivity contribution is 6.31. The lowest BCUT2D eigenvalue weighted by Crippen LogP contribution is -2.08. The minimum Gasteiger partial charge on any atom is -0.489 e. The van der Waals surface area contributed by atoms with E-state index in [-0.39, 0.29) is 22.4 Å². The summed E-state index contributed by atoms with van der Waals surface area (Å²) in [5.74, 6) is 0.566. The van der Waals surface area contributed by atoms with Gasteiger partial charge in [0.2, 0.25) is 0 Å². The number of pyridine rings is 1. The zero-order chi connectivity index (χ0) is 30.3. The van der Waals surface area contributed by atoms with Crippen LogP contribution >= 0.6 is 23.2 Å². The van der Waals surface area contributed by atoms with E-state index in [4.69, 9.17) is 32.9 Å². The maximum absolute atomic E-state index is 14.7. The summed E-state index contributed by atoms with van der Waals surface area (Å²) < 4.78 is 51.5. The third-order valence-corrected chi connectivity index (χ3v) is 7.80. The van der Waals surface area contributed by atoms with Gasteiger partial charge in [0.15, 0.2) is 5.65 Å². The molecule has 216 valence electrons. The molecule has 0 spiro atoms. The van der Waals surface area contributed by atoms with Crippen molar-refractivity contribution in [2.45, 2.75) is 26.6 Å². The van der Waals surface area contributed by atoms with Gasteiger partial charge in [-0.3, -0.25) is 0 Å². The average molecular weight is 618 g/mol. The second kappa shape index (κ2) is 11.4. The molecule has 2 aromatic heterocycles. The maximum Gasteiger partial charge on any atom is 0.417 e. The van der Waals surface area contributed by atoms with Gasteiger partial charge in [-0.05, 0) is 79.6 Å². The van der Waals surface area contributed by atoms with Crippen molar-refractivity contribution in [2.75, 3.05) is 0 Å². The number of rotatable bonds is 6. The van der Waals surface area contributed by atoms with Crippen molar-refractivity contribution in [3.63, 3.8) is 0 Å². The lowest BCUT2D eigenvalue weighted by atomic mass is 10.0. The highest BCUT2D eigenvalue weighted by atomic mass is 35.5. The van der Waals surface area contributed by atoms with E-state index in [9.17, 15) is 13.2 Å². The molecule has 6 rings (SSSR count). The van der Waals surface area contributed by atoms with Crippen LogP contribution in [0.5, 0.6) is 5.75 Å². The molecule has 0 saturated heterocycles. The first-order chi connectivity index (χ1) is 20.6. The predicted octanol–water partition coefficient (Wildman–Crippen LogP) is 10.3. The van der Waals surface area contributed by atoms with Crippen LogP contribution < -0.4 is 4.74 Å². The Morgan fingerprint density at radius 2 is 1.47 bits per heavy atom. The SMILES string of the molecule is Cc1ccc(-c2nn(-c3ccc(C)c(Cl)c3)c3nc(-c4ccc(OCc5ccc(Cl)cc5)cc4)cc(C(F)(F)F)c23)cc1. The molecule has 43 heavy (non-hydrogen) atoms. The molecule has 0 radical (unpaired) electrons. The Morgan fingerprint density at radius 3 is 2.12 bits per heavy atom. The number of fused-ring (bicyclic) bond motifs is 1. The molecule has 0 aliphatic heterocycles. The third-order valence-electron chi connectivity index (χ3n) is 7.14. The van der Waals surface area contributed by atoms with Crippen LogP contribution in [0.1, 0.15) is 22.3 Å².